The van der Waals surface area contributed by atoms with Crippen molar-refractivity contribution in [3.8, 4) is 11.8 Å². The van der Waals surface area contributed by atoms with Crippen LogP contribution in [0.25, 0.3) is 0 Å². The fraction of sp³-hybridized carbons (Fsp3) is 0.438. The van der Waals surface area contributed by atoms with Crippen molar-refractivity contribution in [2.24, 2.45) is 5.73 Å². The molecular formula is C16H21FN2O2. The minimum absolute atomic E-state index is 0.148. The Balaban J connectivity index is 2.99. The van der Waals surface area contributed by atoms with Crippen LogP contribution in [-0.2, 0) is 0 Å². The van der Waals surface area contributed by atoms with Gasteiger partial charge in [0.1, 0.15) is 5.82 Å². The first kappa shape index (κ1) is 17.2. The molecular weight excluding hydrogens is 271 g/mol. The van der Waals surface area contributed by atoms with E-state index in [2.05, 4.69) is 11.8 Å². The number of aliphatic hydroxyl groups is 1. The van der Waals surface area contributed by atoms with Crippen LogP contribution in [0.3, 0.4) is 0 Å². The van der Waals surface area contributed by atoms with Crippen molar-refractivity contribution in [3.63, 3.8) is 0 Å². The SMILES string of the molecule is CCN(CC(C)(C)O)C(=O)c1ccc(C#CCN)c(F)c1. The van der Waals surface area contributed by atoms with Gasteiger partial charge < -0.3 is 15.7 Å². The molecule has 4 nitrogen and oxygen atoms in total. The topological polar surface area (TPSA) is 66.6 Å². The van der Waals surface area contributed by atoms with Gasteiger partial charge in [-0.2, -0.15) is 0 Å². The van der Waals surface area contributed by atoms with Gasteiger partial charge in [0.25, 0.3) is 5.91 Å². The molecule has 0 aliphatic carbocycles. The van der Waals surface area contributed by atoms with E-state index >= 15 is 0 Å². The average Bonchev–Trinajstić information content (AvgIpc) is 2.41. The average molecular weight is 292 g/mol. The molecule has 0 aromatic heterocycles. The van der Waals surface area contributed by atoms with Crippen LogP contribution in [0.4, 0.5) is 4.39 Å². The maximum atomic E-state index is 13.9. The van der Waals surface area contributed by atoms with Crippen molar-refractivity contribution in [1.82, 2.24) is 4.90 Å². The Morgan fingerprint density at radius 3 is 2.62 bits per heavy atom. The van der Waals surface area contributed by atoms with Gasteiger partial charge in [-0.15, -0.1) is 0 Å². The second-order valence-corrected chi connectivity index (χ2v) is 5.33. The smallest absolute Gasteiger partial charge is 0.254 e. The maximum absolute atomic E-state index is 13.9. The summed E-state index contributed by atoms with van der Waals surface area (Å²) in [4.78, 5) is 13.8. The molecule has 1 aromatic carbocycles. The lowest BCUT2D eigenvalue weighted by Crippen LogP contribution is -2.42. The van der Waals surface area contributed by atoms with Crippen LogP contribution in [0.15, 0.2) is 18.2 Å². The zero-order chi connectivity index (χ0) is 16.0. The van der Waals surface area contributed by atoms with Crippen LogP contribution in [-0.4, -0.2) is 41.1 Å². The Hall–Kier alpha value is -1.90. The standard InChI is InChI=1S/C16H21FN2O2/c1-4-19(11-16(2,3)21)15(20)13-8-7-12(6-5-9-18)14(17)10-13/h7-8,10,21H,4,9,11,18H2,1-3H3. The molecule has 0 heterocycles. The molecule has 3 N–H and O–H groups in total. The number of hydrogen-bond donors (Lipinski definition) is 2. The number of benzene rings is 1. The Morgan fingerprint density at radius 2 is 2.14 bits per heavy atom. The van der Waals surface area contributed by atoms with Crippen molar-refractivity contribution in [3.05, 3.63) is 35.1 Å². The molecule has 0 atom stereocenters. The van der Waals surface area contributed by atoms with Gasteiger partial charge in [-0.25, -0.2) is 4.39 Å². The van der Waals surface area contributed by atoms with Crippen molar-refractivity contribution >= 4 is 5.91 Å². The summed E-state index contributed by atoms with van der Waals surface area (Å²) in [6.45, 7) is 5.80. The molecule has 21 heavy (non-hydrogen) atoms. The molecule has 5 heteroatoms. The first-order valence-electron chi connectivity index (χ1n) is 6.78. The molecule has 0 spiro atoms. The molecule has 0 aliphatic heterocycles. The number of likely N-dealkylation sites (N-methyl/N-ethyl adjacent to an activating group) is 1. The van der Waals surface area contributed by atoms with Crippen LogP contribution < -0.4 is 5.73 Å². The van der Waals surface area contributed by atoms with Gasteiger partial charge >= 0.3 is 0 Å². The van der Waals surface area contributed by atoms with E-state index in [1.807, 2.05) is 0 Å². The summed E-state index contributed by atoms with van der Waals surface area (Å²) in [5, 5.41) is 9.81. The third kappa shape index (κ3) is 5.18. The largest absolute Gasteiger partial charge is 0.389 e. The molecule has 1 aromatic rings. The molecule has 0 radical (unpaired) electrons. The quantitative estimate of drug-likeness (QED) is 0.824. The van der Waals surface area contributed by atoms with Crippen molar-refractivity contribution in [2.75, 3.05) is 19.6 Å². The monoisotopic (exact) mass is 292 g/mol. The summed E-state index contributed by atoms with van der Waals surface area (Å²) in [5.41, 5.74) is 4.68. The Kier molecular flexibility index (Phi) is 5.89. The van der Waals surface area contributed by atoms with Gasteiger partial charge in [0.2, 0.25) is 0 Å². The molecule has 0 fully saturated rings. The summed E-state index contributed by atoms with van der Waals surface area (Å²) >= 11 is 0. The third-order valence-corrected chi connectivity index (χ3v) is 2.79. The minimum atomic E-state index is -1.00. The van der Waals surface area contributed by atoms with Crippen molar-refractivity contribution in [1.29, 1.82) is 0 Å². The Morgan fingerprint density at radius 1 is 1.48 bits per heavy atom. The van der Waals surface area contributed by atoms with Gasteiger partial charge in [0.15, 0.2) is 0 Å². The first-order chi connectivity index (χ1) is 9.78. The predicted octanol–water partition coefficient (Wildman–Crippen LogP) is 1.37. The maximum Gasteiger partial charge on any atom is 0.254 e. The number of carbonyl (C=O) groups excluding carboxylic acids is 1. The fourth-order valence-electron chi connectivity index (χ4n) is 1.87. The summed E-state index contributed by atoms with van der Waals surface area (Å²) in [6, 6.07) is 4.15. The lowest BCUT2D eigenvalue weighted by molar-refractivity contribution is 0.0314. The molecule has 0 unspecified atom stereocenters. The number of amides is 1. The fourth-order valence-corrected chi connectivity index (χ4v) is 1.87. The van der Waals surface area contributed by atoms with E-state index in [1.165, 1.54) is 17.0 Å². The number of nitrogens with two attached hydrogens (primary N) is 1. The number of carbonyl (C=O) groups is 1. The highest BCUT2D eigenvalue weighted by molar-refractivity contribution is 5.94. The van der Waals surface area contributed by atoms with Crippen LogP contribution in [0.2, 0.25) is 0 Å². The lowest BCUT2D eigenvalue weighted by Gasteiger charge is -2.28. The Bertz CT molecular complexity index is 568. The zero-order valence-corrected chi connectivity index (χ0v) is 12.6. The van der Waals surface area contributed by atoms with Crippen LogP contribution >= 0.6 is 0 Å². The highest BCUT2D eigenvalue weighted by Crippen LogP contribution is 2.14. The number of halogens is 1. The van der Waals surface area contributed by atoms with Gasteiger partial charge in [0.05, 0.1) is 17.7 Å². The van der Waals surface area contributed by atoms with E-state index in [-0.39, 0.29) is 30.1 Å². The summed E-state index contributed by atoms with van der Waals surface area (Å²) in [7, 11) is 0. The second-order valence-electron chi connectivity index (χ2n) is 5.33. The van der Waals surface area contributed by atoms with E-state index in [4.69, 9.17) is 5.73 Å². The summed E-state index contributed by atoms with van der Waals surface area (Å²) in [5.74, 6) is 4.30. The lowest BCUT2D eigenvalue weighted by atomic mass is 10.1. The molecule has 1 rings (SSSR count). The third-order valence-electron chi connectivity index (χ3n) is 2.79. The second kappa shape index (κ2) is 7.21. The first-order valence-corrected chi connectivity index (χ1v) is 6.78. The molecule has 0 bridgehead atoms. The van der Waals surface area contributed by atoms with Gasteiger partial charge in [0, 0.05) is 18.7 Å². The van der Waals surface area contributed by atoms with Gasteiger partial charge in [-0.1, -0.05) is 11.8 Å². The van der Waals surface area contributed by atoms with E-state index in [9.17, 15) is 14.3 Å². The highest BCUT2D eigenvalue weighted by Gasteiger charge is 2.22. The molecule has 1 amide bonds. The molecule has 0 saturated carbocycles. The van der Waals surface area contributed by atoms with Crippen molar-refractivity contribution < 1.29 is 14.3 Å². The number of hydrogen-bond acceptors (Lipinski definition) is 3. The highest BCUT2D eigenvalue weighted by atomic mass is 19.1. The van der Waals surface area contributed by atoms with E-state index in [0.29, 0.717) is 6.54 Å². The zero-order valence-electron chi connectivity index (χ0n) is 12.6. The molecule has 0 aliphatic rings. The normalized spacial score (nSPS) is 10.8. The predicted molar refractivity (Wildman–Crippen MR) is 80.2 cm³/mol. The summed E-state index contributed by atoms with van der Waals surface area (Å²) < 4.78 is 13.9. The Labute approximate surface area is 124 Å². The van der Waals surface area contributed by atoms with E-state index in [1.54, 1.807) is 20.8 Å². The van der Waals surface area contributed by atoms with Crippen LogP contribution in [0, 0.1) is 17.7 Å². The minimum Gasteiger partial charge on any atom is -0.389 e. The van der Waals surface area contributed by atoms with Crippen LogP contribution in [0.5, 0.6) is 0 Å². The van der Waals surface area contributed by atoms with Gasteiger partial charge in [-0.3, -0.25) is 4.79 Å². The number of rotatable bonds is 4. The van der Waals surface area contributed by atoms with Crippen molar-refractivity contribution in [2.45, 2.75) is 26.4 Å². The van der Waals surface area contributed by atoms with E-state index < -0.39 is 11.4 Å². The molecule has 114 valence electrons. The molecule has 0 saturated heterocycles. The number of nitrogens with zero attached hydrogens (tertiary/aromatic N) is 1. The van der Waals surface area contributed by atoms with E-state index in [0.717, 1.165) is 6.07 Å². The van der Waals surface area contributed by atoms with Crippen LogP contribution in [0.1, 0.15) is 36.7 Å². The summed E-state index contributed by atoms with van der Waals surface area (Å²) in [6.07, 6.45) is 0. The van der Waals surface area contributed by atoms with Gasteiger partial charge in [-0.05, 0) is 39.0 Å².